The average molecular weight is 639 g/mol. The summed E-state index contributed by atoms with van der Waals surface area (Å²) >= 11 is 0. The highest BCUT2D eigenvalue weighted by Crippen LogP contribution is 2.52. The fraction of sp³-hybridized carbons (Fsp3) is 0.400. The van der Waals surface area contributed by atoms with E-state index in [1.807, 2.05) is 24.0 Å². The van der Waals surface area contributed by atoms with Gasteiger partial charge < -0.3 is 14.8 Å². The fourth-order valence-corrected chi connectivity index (χ4v) is 9.54. The molecule has 2 aliphatic carbocycles. The monoisotopic (exact) mass is 638 g/mol. The molecule has 5 atom stereocenters. The smallest absolute Gasteiger partial charge is 0.220 e. The summed E-state index contributed by atoms with van der Waals surface area (Å²) in [5.74, 6) is -0.00962. The van der Waals surface area contributed by atoms with Crippen molar-refractivity contribution < 1.29 is 9.18 Å². The minimum absolute atomic E-state index is 0.0151. The molecule has 0 spiro atoms. The van der Waals surface area contributed by atoms with Gasteiger partial charge in [-0.05, 0) is 110 Å². The molecule has 5 aromatic rings. The van der Waals surface area contributed by atoms with Crippen LogP contribution in [-0.4, -0.2) is 44.5 Å². The van der Waals surface area contributed by atoms with Crippen LogP contribution in [0.15, 0.2) is 48.7 Å². The molecule has 5 aliphatic rings. The Bertz CT molecular complexity index is 2200. The number of likely N-dealkylation sites (tertiary alicyclic amines) is 1. The molecule has 7 nitrogen and oxygen atoms in total. The van der Waals surface area contributed by atoms with Crippen LogP contribution in [0.3, 0.4) is 0 Å². The van der Waals surface area contributed by atoms with Crippen molar-refractivity contribution in [3.05, 3.63) is 82.6 Å². The number of halogens is 1. The molecule has 3 saturated heterocycles. The van der Waals surface area contributed by atoms with Crippen LogP contribution in [0, 0.1) is 36.9 Å². The summed E-state index contributed by atoms with van der Waals surface area (Å²) in [6.07, 6.45) is 7.29. The predicted molar refractivity (Wildman–Crippen MR) is 185 cm³/mol. The van der Waals surface area contributed by atoms with Crippen LogP contribution in [-0.2, 0) is 11.2 Å². The van der Waals surface area contributed by atoms with Gasteiger partial charge in [0.25, 0.3) is 0 Å². The maximum Gasteiger partial charge on any atom is 0.220 e. The van der Waals surface area contributed by atoms with Gasteiger partial charge in [0, 0.05) is 48.9 Å². The van der Waals surface area contributed by atoms with Crippen LogP contribution in [0.5, 0.6) is 0 Å². The second-order valence-corrected chi connectivity index (χ2v) is 14.4. The number of pyridine rings is 2. The molecule has 2 unspecified atom stereocenters. The molecule has 242 valence electrons. The molecule has 1 amide bonds. The number of nitriles is 1. The second kappa shape index (κ2) is 11.0. The van der Waals surface area contributed by atoms with Crippen LogP contribution >= 0.6 is 0 Å². The van der Waals surface area contributed by atoms with E-state index in [4.69, 9.17) is 4.98 Å². The predicted octanol–water partition coefficient (Wildman–Crippen LogP) is 7.83. The van der Waals surface area contributed by atoms with Gasteiger partial charge in [0.15, 0.2) is 5.82 Å². The van der Waals surface area contributed by atoms with Crippen molar-refractivity contribution in [2.75, 3.05) is 13.1 Å². The lowest BCUT2D eigenvalue weighted by atomic mass is 9.78. The van der Waals surface area contributed by atoms with Crippen molar-refractivity contribution >= 4 is 27.7 Å². The molecule has 4 fully saturated rings. The van der Waals surface area contributed by atoms with E-state index in [0.717, 1.165) is 95.0 Å². The van der Waals surface area contributed by atoms with Gasteiger partial charge in [-0.3, -0.25) is 9.78 Å². The first-order chi connectivity index (χ1) is 23.3. The van der Waals surface area contributed by atoms with Gasteiger partial charge >= 0.3 is 0 Å². The average Bonchev–Trinajstić information content (AvgIpc) is 3.89. The molecule has 0 radical (unpaired) electrons. The van der Waals surface area contributed by atoms with Gasteiger partial charge in [-0.15, -0.1) is 0 Å². The summed E-state index contributed by atoms with van der Waals surface area (Å²) in [5, 5.41) is 15.3. The Morgan fingerprint density at radius 2 is 1.98 bits per heavy atom. The number of amides is 1. The molecular weight excluding hydrogens is 599 g/mol. The van der Waals surface area contributed by atoms with E-state index in [1.165, 1.54) is 5.56 Å². The Morgan fingerprint density at radius 3 is 2.73 bits per heavy atom. The number of nitrogens with zero attached hydrogens (tertiary/aromatic N) is 5. The summed E-state index contributed by atoms with van der Waals surface area (Å²) in [6.45, 7) is 7.22. The first-order valence-corrected chi connectivity index (χ1v) is 17.5. The van der Waals surface area contributed by atoms with E-state index in [0.29, 0.717) is 29.2 Å². The Hall–Kier alpha value is -4.61. The minimum Gasteiger partial charge on any atom is -0.334 e. The highest BCUT2D eigenvalue weighted by molar-refractivity contribution is 6.11. The van der Waals surface area contributed by atoms with Gasteiger partial charge in [0.1, 0.15) is 0 Å². The first-order valence-electron chi connectivity index (χ1n) is 17.5. The molecule has 3 aromatic heterocycles. The molecule has 6 heterocycles. The lowest BCUT2D eigenvalue weighted by Gasteiger charge is -2.39. The number of benzene rings is 2. The third kappa shape index (κ3) is 4.23. The zero-order chi connectivity index (χ0) is 32.8. The van der Waals surface area contributed by atoms with Crippen LogP contribution in [0.2, 0.25) is 0 Å². The second-order valence-electron chi connectivity index (χ2n) is 14.4. The number of rotatable bonds is 4. The molecule has 2 bridgehead atoms. The van der Waals surface area contributed by atoms with Gasteiger partial charge in [0.05, 0.1) is 51.9 Å². The van der Waals surface area contributed by atoms with Crippen molar-refractivity contribution in [2.45, 2.75) is 83.3 Å². The number of aromatic nitrogens is 3. The van der Waals surface area contributed by atoms with Gasteiger partial charge in [0.2, 0.25) is 5.91 Å². The molecule has 10 rings (SSSR count). The molecule has 48 heavy (non-hydrogen) atoms. The molecule has 1 saturated carbocycles. The number of nitrogens with one attached hydrogen (secondary N) is 1. The Kier molecular flexibility index (Phi) is 6.74. The largest absolute Gasteiger partial charge is 0.334 e. The van der Waals surface area contributed by atoms with Crippen molar-refractivity contribution in [1.29, 1.82) is 5.26 Å². The summed E-state index contributed by atoms with van der Waals surface area (Å²) in [6, 6.07) is 17.3. The van der Waals surface area contributed by atoms with E-state index >= 15 is 4.39 Å². The van der Waals surface area contributed by atoms with E-state index in [-0.39, 0.29) is 35.8 Å². The summed E-state index contributed by atoms with van der Waals surface area (Å²) in [4.78, 5) is 24.5. The van der Waals surface area contributed by atoms with Crippen LogP contribution in [0.4, 0.5) is 4.39 Å². The van der Waals surface area contributed by atoms with E-state index in [1.54, 1.807) is 13.1 Å². The van der Waals surface area contributed by atoms with E-state index in [9.17, 15) is 10.1 Å². The number of aryl methyl sites for hydroxylation is 3. The SMILES string of the molecule is CC(=O)N1CCCC1c1c(F)c2c(-c3ccnc(C)c3)nc3cc(-c4cccc5c4C(C#N)CCC5)c(C)cc3c2n1[C@H]1[C@H]2CN[C@@H]1C2. The summed E-state index contributed by atoms with van der Waals surface area (Å²) in [7, 11) is 0. The van der Waals surface area contributed by atoms with Crippen molar-refractivity contribution in [3.63, 3.8) is 0 Å². The molecule has 3 aliphatic heterocycles. The number of fused-ring (bicyclic) bond motifs is 5. The lowest BCUT2D eigenvalue weighted by molar-refractivity contribution is -0.129. The van der Waals surface area contributed by atoms with Crippen LogP contribution < -0.4 is 5.32 Å². The first kappa shape index (κ1) is 29.5. The van der Waals surface area contributed by atoms with Crippen molar-refractivity contribution in [3.8, 4) is 28.5 Å². The highest BCUT2D eigenvalue weighted by atomic mass is 19.1. The number of carbonyl (C=O) groups excluding carboxylic acids is 1. The van der Waals surface area contributed by atoms with Gasteiger partial charge in [-0.2, -0.15) is 5.26 Å². The molecule has 2 aromatic carbocycles. The third-order valence-corrected chi connectivity index (χ3v) is 11.7. The molecule has 1 N–H and O–H groups in total. The van der Waals surface area contributed by atoms with Crippen LogP contribution in [0.25, 0.3) is 44.2 Å². The zero-order valence-electron chi connectivity index (χ0n) is 27.7. The third-order valence-electron chi connectivity index (χ3n) is 11.7. The number of hydrogen-bond acceptors (Lipinski definition) is 5. The Morgan fingerprint density at radius 1 is 1.10 bits per heavy atom. The number of carbonyl (C=O) groups is 1. The summed E-state index contributed by atoms with van der Waals surface area (Å²) < 4.78 is 19.9. The number of hydrogen-bond donors (Lipinski definition) is 1. The van der Waals surface area contributed by atoms with Crippen molar-refractivity contribution in [2.24, 2.45) is 5.92 Å². The molecule has 8 heteroatoms. The van der Waals surface area contributed by atoms with Crippen molar-refractivity contribution in [1.82, 2.24) is 24.8 Å². The normalized spacial score (nSPS) is 24.6. The summed E-state index contributed by atoms with van der Waals surface area (Å²) in [5.41, 5.74) is 10.2. The lowest BCUT2D eigenvalue weighted by Crippen LogP contribution is -2.41. The van der Waals surface area contributed by atoms with Crippen LogP contribution in [0.1, 0.15) is 85.1 Å². The zero-order valence-corrected chi connectivity index (χ0v) is 27.7. The van der Waals surface area contributed by atoms with E-state index < -0.39 is 0 Å². The van der Waals surface area contributed by atoms with Gasteiger partial charge in [-0.1, -0.05) is 18.2 Å². The Labute approximate surface area is 279 Å². The standard InChI is InChI=1S/C40H39FN6O/c1-21-15-30-31(18-29(21)28-10-5-8-24-7-4-9-26(19-42)34(24)28)45-37(25-12-13-43-22(2)16-25)35-36(41)40(33-11-6-14-46(33)23(3)48)47(39(30)35)38-27-17-32(38)44-20-27/h5,8,10,12-13,15-16,18,26-27,32-33,38,44H,4,6-7,9,11,14,17,20H2,1-3H3/t26?,27-,32-,33?,38+/m1/s1. The Balaban J connectivity index is 1.39. The maximum absolute atomic E-state index is 17.6. The fourth-order valence-electron chi connectivity index (χ4n) is 9.54. The maximum atomic E-state index is 17.6. The van der Waals surface area contributed by atoms with E-state index in [2.05, 4.69) is 58.2 Å². The highest BCUT2D eigenvalue weighted by Gasteiger charge is 2.51. The minimum atomic E-state index is -0.323. The quantitative estimate of drug-likeness (QED) is 0.217. The van der Waals surface area contributed by atoms with Gasteiger partial charge in [-0.25, -0.2) is 9.37 Å². The topological polar surface area (TPSA) is 86.8 Å². The molecular formula is C40H39FN6O.